The first-order valence-electron chi connectivity index (χ1n) is 9.20. The summed E-state index contributed by atoms with van der Waals surface area (Å²) in [5.74, 6) is 6.59. The van der Waals surface area contributed by atoms with Crippen LogP contribution < -0.4 is 5.32 Å². The van der Waals surface area contributed by atoms with Gasteiger partial charge in [-0.3, -0.25) is 5.32 Å². The van der Waals surface area contributed by atoms with Crippen molar-refractivity contribution < 1.29 is 8.85 Å². The Kier molecular flexibility index (Phi) is 6.97. The summed E-state index contributed by atoms with van der Waals surface area (Å²) in [7, 11) is -3.27. The molecule has 1 saturated heterocycles. The van der Waals surface area contributed by atoms with Gasteiger partial charge >= 0.3 is 0 Å². The van der Waals surface area contributed by atoms with Crippen LogP contribution in [0, 0.1) is 11.8 Å². The van der Waals surface area contributed by atoms with E-state index in [4.69, 9.17) is 8.85 Å². The molecule has 0 radical (unpaired) electrons. The van der Waals surface area contributed by atoms with E-state index in [0.717, 1.165) is 19.6 Å². The predicted octanol–water partition coefficient (Wildman–Crippen LogP) is 4.76. The van der Waals surface area contributed by atoms with E-state index in [1.54, 1.807) is 0 Å². The summed E-state index contributed by atoms with van der Waals surface area (Å²) in [6.45, 7) is 24.4. The molecule has 5 heteroatoms. The topological polar surface area (TPSA) is 40.4 Å². The van der Waals surface area contributed by atoms with Crippen molar-refractivity contribution in [3.8, 4) is 11.8 Å². The molecule has 1 rings (SSSR count). The van der Waals surface area contributed by atoms with Gasteiger partial charge in [-0.25, -0.2) is 0 Å². The lowest BCUT2D eigenvalue weighted by Crippen LogP contribution is -2.41. The van der Waals surface area contributed by atoms with E-state index in [1.165, 1.54) is 0 Å². The molecule has 140 valence electrons. The minimum atomic E-state index is -1.64. The van der Waals surface area contributed by atoms with Crippen LogP contribution in [-0.2, 0) is 8.85 Å². The average molecular weight is 370 g/mol. The van der Waals surface area contributed by atoms with Crippen molar-refractivity contribution in [2.24, 2.45) is 0 Å². The van der Waals surface area contributed by atoms with Crippen LogP contribution in [0.3, 0.4) is 0 Å². The van der Waals surface area contributed by atoms with Gasteiger partial charge in [-0.05, 0) is 36.3 Å². The van der Waals surface area contributed by atoms with Crippen LogP contribution in [0.1, 0.15) is 48.0 Å². The maximum atomic E-state index is 6.25. The van der Waals surface area contributed by atoms with Crippen LogP contribution in [0.2, 0.25) is 36.3 Å². The molecule has 24 heavy (non-hydrogen) atoms. The second-order valence-corrected chi connectivity index (χ2v) is 19.6. The Balaban J connectivity index is 2.27. The largest absolute Gasteiger partial charge is 0.416 e. The molecule has 0 aromatic rings. The van der Waals surface area contributed by atoms with Crippen LogP contribution in [-0.4, -0.2) is 41.9 Å². The molecule has 0 aromatic heterocycles. The van der Waals surface area contributed by atoms with Crippen LogP contribution >= 0.6 is 0 Å². The van der Waals surface area contributed by atoms with E-state index in [9.17, 15) is 0 Å². The van der Waals surface area contributed by atoms with Gasteiger partial charge in [0, 0.05) is 13.0 Å². The summed E-state index contributed by atoms with van der Waals surface area (Å²) < 4.78 is 12.4. The molecule has 1 heterocycles. The molecule has 1 fully saturated rings. The Hall–Kier alpha value is -0.126. The molecule has 3 nitrogen and oxygen atoms in total. The van der Waals surface area contributed by atoms with Crippen molar-refractivity contribution >= 4 is 16.6 Å². The number of hydrogen-bond acceptors (Lipinski definition) is 3. The first-order chi connectivity index (χ1) is 10.7. The summed E-state index contributed by atoms with van der Waals surface area (Å²) >= 11 is 0. The lowest BCUT2D eigenvalue weighted by molar-refractivity contribution is 0.288. The van der Waals surface area contributed by atoms with Gasteiger partial charge in [-0.2, -0.15) is 0 Å². The molecule has 1 aliphatic heterocycles. The molecule has 1 N–H and O–H groups in total. The number of nitrogens with one attached hydrogen (secondary N) is 1. The van der Waals surface area contributed by atoms with Crippen LogP contribution in [0.25, 0.3) is 0 Å². The highest BCUT2D eigenvalue weighted by Gasteiger charge is 2.41. The predicted molar refractivity (Wildman–Crippen MR) is 109 cm³/mol. The second-order valence-electron chi connectivity index (χ2n) is 10.0. The van der Waals surface area contributed by atoms with E-state index in [-0.39, 0.29) is 10.1 Å². The summed E-state index contributed by atoms with van der Waals surface area (Å²) in [6.07, 6.45) is 0.820. The molecule has 0 spiro atoms. The lowest BCUT2D eigenvalue weighted by atomic mass is 10.2. The smallest absolute Gasteiger partial charge is 0.192 e. The highest BCUT2D eigenvalue weighted by molar-refractivity contribution is 6.74. The van der Waals surface area contributed by atoms with Gasteiger partial charge < -0.3 is 8.85 Å². The maximum Gasteiger partial charge on any atom is 0.192 e. The van der Waals surface area contributed by atoms with E-state index >= 15 is 0 Å². The monoisotopic (exact) mass is 369 g/mol. The maximum absolute atomic E-state index is 6.25. The zero-order valence-electron chi connectivity index (χ0n) is 17.6. The Bertz CT molecular complexity index is 478. The van der Waals surface area contributed by atoms with E-state index in [1.807, 2.05) is 0 Å². The van der Waals surface area contributed by atoms with Crippen molar-refractivity contribution in [1.82, 2.24) is 5.32 Å². The fourth-order valence-electron chi connectivity index (χ4n) is 1.73. The molecule has 0 bridgehead atoms. The fraction of sp³-hybridized carbons (Fsp3) is 0.895. The lowest BCUT2D eigenvalue weighted by Gasteiger charge is -2.36. The van der Waals surface area contributed by atoms with Gasteiger partial charge in [-0.1, -0.05) is 53.4 Å². The summed E-state index contributed by atoms with van der Waals surface area (Å²) in [5.41, 5.74) is 0. The summed E-state index contributed by atoms with van der Waals surface area (Å²) in [4.78, 5) is 0. The quantitative estimate of drug-likeness (QED) is 0.317. The van der Waals surface area contributed by atoms with Gasteiger partial charge in [0.2, 0.25) is 0 Å². The van der Waals surface area contributed by atoms with Crippen molar-refractivity contribution in [3.63, 3.8) is 0 Å². The van der Waals surface area contributed by atoms with Crippen molar-refractivity contribution in [3.05, 3.63) is 0 Å². The summed E-state index contributed by atoms with van der Waals surface area (Å²) in [6, 6.07) is 0.718. The molecule has 0 saturated carbocycles. The fourth-order valence-corrected chi connectivity index (χ4v) is 3.81. The zero-order chi connectivity index (χ0) is 18.8. The van der Waals surface area contributed by atoms with Gasteiger partial charge in [0.15, 0.2) is 16.6 Å². The highest BCUT2D eigenvalue weighted by Crippen LogP contribution is 2.37. The van der Waals surface area contributed by atoms with E-state index < -0.39 is 16.6 Å². The minimum Gasteiger partial charge on any atom is -0.416 e. The molecule has 0 unspecified atom stereocenters. The third-order valence-corrected chi connectivity index (χ3v) is 14.9. The molecule has 2 atom stereocenters. The Morgan fingerprint density at radius 3 is 1.88 bits per heavy atom. The van der Waals surface area contributed by atoms with Crippen molar-refractivity contribution in [2.45, 2.75) is 96.3 Å². The van der Waals surface area contributed by atoms with E-state index in [0.29, 0.717) is 12.1 Å². The van der Waals surface area contributed by atoms with Crippen LogP contribution in [0.5, 0.6) is 0 Å². The van der Waals surface area contributed by atoms with Crippen LogP contribution in [0.15, 0.2) is 0 Å². The molecule has 0 aliphatic carbocycles. The molecular weight excluding hydrogens is 330 g/mol. The van der Waals surface area contributed by atoms with Gasteiger partial charge in [0.25, 0.3) is 0 Å². The standard InChI is InChI=1S/C19H39NO2Si2/c1-18(2,3)23(7,8)21-14-12-11-13-16-17(20-16)15-22-24(9,10)19(4,5)6/h16-17,20H,12,14-15H2,1-10H3/t16-,17-/m0/s1. The average Bonchev–Trinajstić information content (AvgIpc) is 3.12. The number of rotatable bonds is 6. The summed E-state index contributed by atoms with van der Waals surface area (Å²) in [5, 5.41) is 3.95. The van der Waals surface area contributed by atoms with Gasteiger partial charge in [0.05, 0.1) is 18.7 Å². The Labute approximate surface area is 152 Å². The highest BCUT2D eigenvalue weighted by atomic mass is 28.4. The SMILES string of the molecule is CC(C)(C)[Si](C)(C)OCCC#C[C@@H]1N[C@H]1CO[Si](C)(C)C(C)(C)C. The molecule has 1 aliphatic rings. The number of hydrogen-bond donors (Lipinski definition) is 1. The van der Waals surface area contributed by atoms with Crippen molar-refractivity contribution in [2.75, 3.05) is 13.2 Å². The van der Waals surface area contributed by atoms with Crippen LogP contribution in [0.4, 0.5) is 0 Å². The Morgan fingerprint density at radius 1 is 0.875 bits per heavy atom. The van der Waals surface area contributed by atoms with Gasteiger partial charge in [0.1, 0.15) is 0 Å². The normalized spacial score (nSPS) is 22.1. The molecule has 0 amide bonds. The Morgan fingerprint density at radius 2 is 1.38 bits per heavy atom. The third-order valence-electron chi connectivity index (χ3n) is 5.87. The molecular formula is C19H39NO2Si2. The molecule has 0 aromatic carbocycles. The third kappa shape index (κ3) is 6.31. The van der Waals surface area contributed by atoms with E-state index in [2.05, 4.69) is 84.9 Å². The first kappa shape index (κ1) is 21.9. The zero-order valence-corrected chi connectivity index (χ0v) is 19.6. The van der Waals surface area contributed by atoms with Gasteiger partial charge in [-0.15, -0.1) is 0 Å². The van der Waals surface area contributed by atoms with Crippen molar-refractivity contribution in [1.29, 1.82) is 0 Å². The second kappa shape index (κ2) is 7.63. The first-order valence-corrected chi connectivity index (χ1v) is 15.0. The minimum absolute atomic E-state index is 0.268.